The van der Waals surface area contributed by atoms with Crippen molar-refractivity contribution in [2.45, 2.75) is 13.3 Å². The number of nitrogens with one attached hydrogen (secondary N) is 1. The van der Waals surface area contributed by atoms with E-state index in [9.17, 15) is 9.59 Å². The molecule has 1 saturated heterocycles. The van der Waals surface area contributed by atoms with Crippen LogP contribution in [0.15, 0.2) is 0 Å². The average molecular weight is 203 g/mol. The molecule has 1 fully saturated rings. The van der Waals surface area contributed by atoms with Crippen LogP contribution < -0.4 is 11.1 Å². The molecule has 0 radical (unpaired) electrons. The first kappa shape index (κ1) is 12.7. The standard InChI is InChI=1S/C5H10N2O2.C3H7NO/c8-5(9)7-3-1-6-2-4-7;1-2-3(4)5/h6H,1-4H2,(H,8,9);2H2,1H3,(H2,4,5). The molecule has 1 aliphatic heterocycles. The van der Waals surface area contributed by atoms with Gasteiger partial charge in [0.05, 0.1) is 0 Å². The molecule has 0 aliphatic carbocycles. The predicted molar refractivity (Wildman–Crippen MR) is 52.0 cm³/mol. The molecule has 0 bridgehead atoms. The van der Waals surface area contributed by atoms with Crippen molar-refractivity contribution < 1.29 is 14.7 Å². The molecule has 0 saturated carbocycles. The number of hydrogen-bond donors (Lipinski definition) is 3. The van der Waals surface area contributed by atoms with Crippen molar-refractivity contribution in [2.75, 3.05) is 26.2 Å². The maximum atomic E-state index is 10.3. The van der Waals surface area contributed by atoms with Gasteiger partial charge in [-0.3, -0.25) is 4.79 Å². The number of nitrogens with zero attached hydrogens (tertiary/aromatic N) is 1. The molecule has 0 spiro atoms. The zero-order chi connectivity index (χ0) is 11.0. The number of rotatable bonds is 1. The lowest BCUT2D eigenvalue weighted by molar-refractivity contribution is -0.117. The Morgan fingerprint density at radius 2 is 1.86 bits per heavy atom. The van der Waals surface area contributed by atoms with Crippen LogP contribution >= 0.6 is 0 Å². The molecule has 6 nitrogen and oxygen atoms in total. The Labute approximate surface area is 83.1 Å². The van der Waals surface area contributed by atoms with E-state index in [1.807, 2.05) is 0 Å². The van der Waals surface area contributed by atoms with Crippen LogP contribution in [0.3, 0.4) is 0 Å². The fraction of sp³-hybridized carbons (Fsp3) is 0.750. The van der Waals surface area contributed by atoms with Gasteiger partial charge in [0, 0.05) is 32.6 Å². The third kappa shape index (κ3) is 6.24. The van der Waals surface area contributed by atoms with Gasteiger partial charge in [-0.1, -0.05) is 6.92 Å². The second-order valence-corrected chi connectivity index (χ2v) is 2.84. The Balaban J connectivity index is 0.000000292. The molecule has 1 rings (SSSR count). The first-order valence-corrected chi connectivity index (χ1v) is 4.54. The molecule has 82 valence electrons. The van der Waals surface area contributed by atoms with Gasteiger partial charge < -0.3 is 21.1 Å². The number of primary amides is 1. The van der Waals surface area contributed by atoms with Crippen LogP contribution in [-0.2, 0) is 4.79 Å². The molecule has 0 aromatic rings. The SMILES string of the molecule is CCC(N)=O.O=C(O)N1CCNCC1. The summed E-state index contributed by atoms with van der Waals surface area (Å²) >= 11 is 0. The maximum Gasteiger partial charge on any atom is 0.407 e. The summed E-state index contributed by atoms with van der Waals surface area (Å²) in [6.07, 6.45) is -0.364. The Bertz CT molecular complexity index is 190. The Morgan fingerprint density at radius 3 is 2.07 bits per heavy atom. The zero-order valence-electron chi connectivity index (χ0n) is 8.32. The molecule has 0 atom stereocenters. The van der Waals surface area contributed by atoms with E-state index in [2.05, 4.69) is 11.1 Å². The fourth-order valence-corrected chi connectivity index (χ4v) is 0.856. The topological polar surface area (TPSA) is 95.7 Å². The third-order valence-corrected chi connectivity index (χ3v) is 1.74. The summed E-state index contributed by atoms with van der Waals surface area (Å²) in [5.41, 5.74) is 4.65. The van der Waals surface area contributed by atoms with Crippen molar-refractivity contribution in [3.63, 3.8) is 0 Å². The number of piperazine rings is 1. The van der Waals surface area contributed by atoms with Crippen LogP contribution in [0.25, 0.3) is 0 Å². The summed E-state index contributed by atoms with van der Waals surface area (Å²) < 4.78 is 0. The van der Waals surface area contributed by atoms with Gasteiger partial charge in [0.25, 0.3) is 0 Å². The number of nitrogens with two attached hydrogens (primary N) is 1. The van der Waals surface area contributed by atoms with Crippen LogP contribution in [0.1, 0.15) is 13.3 Å². The minimum absolute atomic E-state index is 0.245. The first-order chi connectivity index (χ1) is 6.57. The number of carbonyl (C=O) groups excluding carboxylic acids is 1. The van der Waals surface area contributed by atoms with Gasteiger partial charge >= 0.3 is 6.09 Å². The van der Waals surface area contributed by atoms with Crippen molar-refractivity contribution in [3.05, 3.63) is 0 Å². The highest BCUT2D eigenvalue weighted by Crippen LogP contribution is 1.90. The molecule has 6 heteroatoms. The van der Waals surface area contributed by atoms with Crippen molar-refractivity contribution in [2.24, 2.45) is 5.73 Å². The predicted octanol–water partition coefficient (Wildman–Crippen LogP) is -0.549. The highest BCUT2D eigenvalue weighted by molar-refractivity contribution is 5.73. The van der Waals surface area contributed by atoms with E-state index in [-0.39, 0.29) is 5.91 Å². The lowest BCUT2D eigenvalue weighted by Gasteiger charge is -2.23. The zero-order valence-corrected chi connectivity index (χ0v) is 8.32. The largest absolute Gasteiger partial charge is 0.465 e. The van der Waals surface area contributed by atoms with Gasteiger partial charge in [-0.25, -0.2) is 4.79 Å². The van der Waals surface area contributed by atoms with E-state index >= 15 is 0 Å². The van der Waals surface area contributed by atoms with Gasteiger partial charge in [0.1, 0.15) is 0 Å². The van der Waals surface area contributed by atoms with Crippen LogP contribution in [0.4, 0.5) is 4.79 Å². The molecule has 0 aromatic heterocycles. The lowest BCUT2D eigenvalue weighted by Crippen LogP contribution is -2.45. The quantitative estimate of drug-likeness (QED) is 0.533. The van der Waals surface area contributed by atoms with Gasteiger partial charge in [0.2, 0.25) is 5.91 Å². The smallest absolute Gasteiger partial charge is 0.407 e. The van der Waals surface area contributed by atoms with Crippen LogP contribution in [0.5, 0.6) is 0 Å². The van der Waals surface area contributed by atoms with Crippen LogP contribution in [-0.4, -0.2) is 48.2 Å². The Kier molecular flexibility index (Phi) is 6.47. The molecule has 14 heavy (non-hydrogen) atoms. The third-order valence-electron chi connectivity index (χ3n) is 1.74. The number of carboxylic acid groups (broad SMARTS) is 1. The summed E-state index contributed by atoms with van der Waals surface area (Å²) in [5.74, 6) is -0.245. The van der Waals surface area contributed by atoms with E-state index < -0.39 is 6.09 Å². The van der Waals surface area contributed by atoms with Crippen molar-refractivity contribution >= 4 is 12.0 Å². The van der Waals surface area contributed by atoms with Crippen molar-refractivity contribution in [1.29, 1.82) is 0 Å². The Morgan fingerprint density at radius 1 is 1.43 bits per heavy atom. The van der Waals surface area contributed by atoms with Crippen molar-refractivity contribution in [3.8, 4) is 0 Å². The number of hydrogen-bond acceptors (Lipinski definition) is 3. The monoisotopic (exact) mass is 203 g/mol. The van der Waals surface area contributed by atoms with Gasteiger partial charge in [-0.05, 0) is 0 Å². The first-order valence-electron chi connectivity index (χ1n) is 4.54. The fourth-order valence-electron chi connectivity index (χ4n) is 0.856. The van der Waals surface area contributed by atoms with E-state index in [0.29, 0.717) is 19.5 Å². The molecular formula is C8H17N3O3. The van der Waals surface area contributed by atoms with Gasteiger partial charge in [-0.2, -0.15) is 0 Å². The van der Waals surface area contributed by atoms with Crippen LogP contribution in [0, 0.1) is 0 Å². The number of amides is 2. The molecular weight excluding hydrogens is 186 g/mol. The normalized spacial score (nSPS) is 15.4. The Hall–Kier alpha value is -1.30. The average Bonchev–Trinajstić information content (AvgIpc) is 2.20. The number of carbonyl (C=O) groups is 2. The lowest BCUT2D eigenvalue weighted by atomic mass is 10.4. The van der Waals surface area contributed by atoms with E-state index in [1.54, 1.807) is 6.92 Å². The summed E-state index contributed by atoms with van der Waals surface area (Å²) in [7, 11) is 0. The highest BCUT2D eigenvalue weighted by Gasteiger charge is 2.13. The molecule has 1 aliphatic rings. The van der Waals surface area contributed by atoms with Gasteiger partial charge in [0.15, 0.2) is 0 Å². The van der Waals surface area contributed by atoms with E-state index in [1.165, 1.54) is 4.90 Å². The summed E-state index contributed by atoms with van der Waals surface area (Å²) in [4.78, 5) is 21.3. The molecule has 0 unspecified atom stereocenters. The maximum absolute atomic E-state index is 10.3. The minimum atomic E-state index is -0.809. The van der Waals surface area contributed by atoms with Crippen LogP contribution in [0.2, 0.25) is 0 Å². The molecule has 4 N–H and O–H groups in total. The van der Waals surface area contributed by atoms with Crippen molar-refractivity contribution in [1.82, 2.24) is 10.2 Å². The summed E-state index contributed by atoms with van der Waals surface area (Å²) in [5, 5.41) is 11.5. The van der Waals surface area contributed by atoms with E-state index in [0.717, 1.165) is 13.1 Å². The second kappa shape index (κ2) is 7.14. The summed E-state index contributed by atoms with van der Waals surface area (Å²) in [6, 6.07) is 0. The van der Waals surface area contributed by atoms with Gasteiger partial charge in [-0.15, -0.1) is 0 Å². The molecule has 0 aromatic carbocycles. The summed E-state index contributed by atoms with van der Waals surface area (Å²) in [6.45, 7) is 4.53. The minimum Gasteiger partial charge on any atom is -0.465 e. The molecule has 2 amide bonds. The molecule has 1 heterocycles. The highest BCUT2D eigenvalue weighted by atomic mass is 16.4. The van der Waals surface area contributed by atoms with E-state index in [4.69, 9.17) is 5.11 Å². The second-order valence-electron chi connectivity index (χ2n) is 2.84.